The van der Waals surface area contributed by atoms with Gasteiger partial charge in [0.1, 0.15) is 0 Å². The molecule has 0 nitrogen and oxygen atoms in total. The van der Waals surface area contributed by atoms with Crippen LogP contribution in [0, 0.1) is 23.2 Å². The van der Waals surface area contributed by atoms with E-state index in [4.69, 9.17) is 0 Å². The average molecular weight is 231 g/mol. The van der Waals surface area contributed by atoms with Crippen LogP contribution >= 0.6 is 15.9 Å². The minimum atomic E-state index is 0.683. The van der Waals surface area contributed by atoms with Crippen LogP contribution in [0.4, 0.5) is 0 Å². The number of fused-ring (bicyclic) bond motifs is 1. The van der Waals surface area contributed by atoms with Crippen LogP contribution in [-0.2, 0) is 0 Å². The summed E-state index contributed by atoms with van der Waals surface area (Å²) in [7, 11) is 0. The quantitative estimate of drug-likeness (QED) is 0.647. The largest absolute Gasteiger partial charge is 0.0922 e. The third kappa shape index (κ3) is 1.25. The molecule has 1 heteroatoms. The van der Waals surface area contributed by atoms with Gasteiger partial charge in [0.2, 0.25) is 0 Å². The molecule has 0 radical (unpaired) electrons. The van der Waals surface area contributed by atoms with Crippen LogP contribution in [0.15, 0.2) is 0 Å². The van der Waals surface area contributed by atoms with Crippen LogP contribution in [0.3, 0.4) is 0 Å². The first-order chi connectivity index (χ1) is 5.72. The Morgan fingerprint density at radius 1 is 1.42 bits per heavy atom. The summed E-state index contributed by atoms with van der Waals surface area (Å²) in [6.07, 6.45) is 5.92. The summed E-state index contributed by atoms with van der Waals surface area (Å²) in [6.45, 7) is 4.77. The van der Waals surface area contributed by atoms with E-state index >= 15 is 0 Å². The van der Waals surface area contributed by atoms with Gasteiger partial charge in [-0.3, -0.25) is 0 Å². The van der Waals surface area contributed by atoms with Crippen LogP contribution in [0.2, 0.25) is 0 Å². The third-order valence-corrected chi connectivity index (χ3v) is 5.45. The fourth-order valence-corrected chi connectivity index (χ4v) is 4.02. The number of hydrogen-bond donors (Lipinski definition) is 0. The molecule has 0 saturated heterocycles. The fourth-order valence-electron chi connectivity index (χ4n) is 3.01. The molecule has 0 amide bonds. The number of halogens is 1. The highest BCUT2D eigenvalue weighted by Gasteiger charge is 2.54. The zero-order valence-electron chi connectivity index (χ0n) is 8.15. The summed E-state index contributed by atoms with van der Waals surface area (Å²) in [5.74, 6) is 3.16. The second kappa shape index (κ2) is 3.01. The standard InChI is InChI=1S/C11H19Br/c1-3-8(2)11(7-12)5-9-4-10(9)6-11/h8-10H,3-7H2,1-2H3. The molecular weight excluding hydrogens is 212 g/mol. The highest BCUT2D eigenvalue weighted by atomic mass is 79.9. The lowest BCUT2D eigenvalue weighted by molar-refractivity contribution is 0.190. The molecular formula is C11H19Br. The minimum Gasteiger partial charge on any atom is -0.0922 e. The van der Waals surface area contributed by atoms with Gasteiger partial charge < -0.3 is 0 Å². The molecule has 3 unspecified atom stereocenters. The van der Waals surface area contributed by atoms with Crippen LogP contribution in [-0.4, -0.2) is 5.33 Å². The van der Waals surface area contributed by atoms with E-state index in [0.29, 0.717) is 5.41 Å². The second-order valence-corrected chi connectivity index (χ2v) is 5.53. The molecule has 0 aromatic carbocycles. The molecule has 0 N–H and O–H groups in total. The van der Waals surface area contributed by atoms with Gasteiger partial charge in [0.25, 0.3) is 0 Å². The van der Waals surface area contributed by atoms with Gasteiger partial charge >= 0.3 is 0 Å². The molecule has 0 aliphatic heterocycles. The maximum atomic E-state index is 3.72. The minimum absolute atomic E-state index is 0.683. The fraction of sp³-hybridized carbons (Fsp3) is 1.00. The molecule has 12 heavy (non-hydrogen) atoms. The van der Waals surface area contributed by atoms with Crippen molar-refractivity contribution in [3.05, 3.63) is 0 Å². The monoisotopic (exact) mass is 230 g/mol. The number of hydrogen-bond acceptors (Lipinski definition) is 0. The molecule has 0 aromatic rings. The topological polar surface area (TPSA) is 0 Å². The Labute approximate surface area is 84.2 Å². The lowest BCUT2D eigenvalue weighted by atomic mass is 9.73. The molecule has 0 spiro atoms. The van der Waals surface area contributed by atoms with Crippen LogP contribution in [0.5, 0.6) is 0 Å². The van der Waals surface area contributed by atoms with E-state index in [-0.39, 0.29) is 0 Å². The number of alkyl halides is 1. The van der Waals surface area contributed by atoms with Crippen molar-refractivity contribution in [1.29, 1.82) is 0 Å². The van der Waals surface area contributed by atoms with Crippen LogP contribution < -0.4 is 0 Å². The molecule has 2 aliphatic carbocycles. The Hall–Kier alpha value is 0.480. The summed E-state index contributed by atoms with van der Waals surface area (Å²) in [6, 6.07) is 0. The van der Waals surface area contributed by atoms with Gasteiger partial charge in [-0.05, 0) is 42.4 Å². The second-order valence-electron chi connectivity index (χ2n) is 4.97. The molecule has 2 fully saturated rings. The van der Waals surface area contributed by atoms with Crippen LogP contribution in [0.1, 0.15) is 39.5 Å². The van der Waals surface area contributed by atoms with E-state index in [2.05, 4.69) is 29.8 Å². The van der Waals surface area contributed by atoms with Gasteiger partial charge in [-0.15, -0.1) is 0 Å². The van der Waals surface area contributed by atoms with Gasteiger partial charge in [-0.2, -0.15) is 0 Å². The molecule has 2 saturated carbocycles. The normalized spacial score (nSPS) is 47.2. The smallest absolute Gasteiger partial charge is 0.00907 e. The predicted molar refractivity (Wildman–Crippen MR) is 56.5 cm³/mol. The first-order valence-corrected chi connectivity index (χ1v) is 6.40. The van der Waals surface area contributed by atoms with Gasteiger partial charge in [0.15, 0.2) is 0 Å². The van der Waals surface area contributed by atoms with Crippen LogP contribution in [0.25, 0.3) is 0 Å². The zero-order chi connectivity index (χ0) is 8.77. The first-order valence-electron chi connectivity index (χ1n) is 5.28. The van der Waals surface area contributed by atoms with Gasteiger partial charge in [0.05, 0.1) is 0 Å². The van der Waals surface area contributed by atoms with Crippen molar-refractivity contribution in [1.82, 2.24) is 0 Å². The Balaban J connectivity index is 2.05. The summed E-state index contributed by atoms with van der Waals surface area (Å²) in [5, 5.41) is 1.24. The predicted octanol–water partition coefficient (Wildman–Crippen LogP) is 3.84. The molecule has 2 aliphatic rings. The summed E-state index contributed by atoms with van der Waals surface area (Å²) in [5.41, 5.74) is 0.683. The average Bonchev–Trinajstić information content (AvgIpc) is 2.72. The van der Waals surface area contributed by atoms with Crippen molar-refractivity contribution >= 4 is 15.9 Å². The van der Waals surface area contributed by atoms with Gasteiger partial charge in [-0.25, -0.2) is 0 Å². The Morgan fingerprint density at radius 3 is 2.42 bits per heavy atom. The van der Waals surface area contributed by atoms with Crippen molar-refractivity contribution in [3.63, 3.8) is 0 Å². The maximum absolute atomic E-state index is 3.72. The van der Waals surface area contributed by atoms with E-state index in [1.807, 2.05) is 0 Å². The molecule has 0 bridgehead atoms. The van der Waals surface area contributed by atoms with E-state index < -0.39 is 0 Å². The summed E-state index contributed by atoms with van der Waals surface area (Å²) >= 11 is 3.72. The number of rotatable bonds is 3. The zero-order valence-corrected chi connectivity index (χ0v) is 9.73. The van der Waals surface area contributed by atoms with Crippen molar-refractivity contribution in [2.45, 2.75) is 39.5 Å². The summed E-state index contributed by atoms with van der Waals surface area (Å²) < 4.78 is 0. The molecule has 2 rings (SSSR count). The van der Waals surface area contributed by atoms with E-state index in [1.165, 1.54) is 24.6 Å². The van der Waals surface area contributed by atoms with Crippen molar-refractivity contribution < 1.29 is 0 Å². The van der Waals surface area contributed by atoms with Gasteiger partial charge in [0, 0.05) is 5.33 Å². The molecule has 3 atom stereocenters. The Kier molecular flexibility index (Phi) is 2.27. The van der Waals surface area contributed by atoms with Crippen molar-refractivity contribution in [2.75, 3.05) is 5.33 Å². The lowest BCUT2D eigenvalue weighted by Crippen LogP contribution is -2.28. The highest BCUT2D eigenvalue weighted by molar-refractivity contribution is 9.09. The molecule has 70 valence electrons. The molecule has 0 heterocycles. The third-order valence-electron chi connectivity index (χ3n) is 4.33. The maximum Gasteiger partial charge on any atom is 0.00907 e. The van der Waals surface area contributed by atoms with Crippen molar-refractivity contribution in [3.8, 4) is 0 Å². The summed E-state index contributed by atoms with van der Waals surface area (Å²) in [4.78, 5) is 0. The van der Waals surface area contributed by atoms with Crippen molar-refractivity contribution in [2.24, 2.45) is 23.2 Å². The van der Waals surface area contributed by atoms with E-state index in [9.17, 15) is 0 Å². The Bertz CT molecular complexity index is 166. The van der Waals surface area contributed by atoms with E-state index in [0.717, 1.165) is 17.8 Å². The lowest BCUT2D eigenvalue weighted by Gasteiger charge is -2.35. The molecule has 0 aromatic heterocycles. The highest BCUT2D eigenvalue weighted by Crippen LogP contribution is 2.63. The van der Waals surface area contributed by atoms with Gasteiger partial charge in [-0.1, -0.05) is 36.2 Å². The SMILES string of the molecule is CCC(C)C1(CBr)CC2CC2C1. The van der Waals surface area contributed by atoms with E-state index in [1.54, 1.807) is 6.42 Å². The Morgan fingerprint density at radius 2 is 2.00 bits per heavy atom. The first kappa shape index (κ1) is 9.05.